The normalized spacial score (nSPS) is 26.5. The largest absolute Gasteiger partial charge is 0.508 e. The maximum atomic E-state index is 16.9. The van der Waals surface area contributed by atoms with Crippen LogP contribution in [0.3, 0.4) is 0 Å². The molecular weight excluding hydrogens is 650 g/mol. The van der Waals surface area contributed by atoms with Gasteiger partial charge in [0.1, 0.15) is 28.6 Å². The molecule has 262 valence electrons. The van der Waals surface area contributed by atoms with Crippen LogP contribution in [-0.2, 0) is 4.74 Å². The molecule has 0 spiro atoms. The molecule has 2 aromatic heterocycles. The lowest BCUT2D eigenvalue weighted by Gasteiger charge is -2.46. The van der Waals surface area contributed by atoms with Gasteiger partial charge in [0.05, 0.1) is 24.2 Å². The van der Waals surface area contributed by atoms with Crippen LogP contribution in [0.15, 0.2) is 30.5 Å². The van der Waals surface area contributed by atoms with E-state index in [0.717, 1.165) is 45.1 Å². The number of aromatic hydroxyl groups is 1. The van der Waals surface area contributed by atoms with Gasteiger partial charge in [0.2, 0.25) is 0 Å². The minimum Gasteiger partial charge on any atom is -0.508 e. The SMILES string of the molecule is C#Cc1c(F)ccc2cc(O)cc(-c3ncc4c(N5CCCOCC5)nc(OC[C@]56CCC[C@H]5N(CC5[C@@H](C)C5(F)F)CCC6)nc4c3F)c12. The fourth-order valence-electron chi connectivity index (χ4n) is 8.76. The highest BCUT2D eigenvalue weighted by Crippen LogP contribution is 2.57. The van der Waals surface area contributed by atoms with Gasteiger partial charge < -0.3 is 19.5 Å². The van der Waals surface area contributed by atoms with Crippen molar-refractivity contribution in [3.05, 3.63) is 47.7 Å². The van der Waals surface area contributed by atoms with Crippen molar-refractivity contribution in [2.45, 2.75) is 57.4 Å². The number of anilines is 1. The number of phenolic OH excluding ortho intramolecular Hbond substituents is 1. The molecule has 4 fully saturated rings. The van der Waals surface area contributed by atoms with Crippen LogP contribution in [0, 0.1) is 41.2 Å². The lowest BCUT2D eigenvalue weighted by Crippen LogP contribution is -2.52. The monoisotopic (exact) mass is 689 g/mol. The Labute approximate surface area is 287 Å². The predicted molar refractivity (Wildman–Crippen MR) is 181 cm³/mol. The summed E-state index contributed by atoms with van der Waals surface area (Å²) in [6.45, 7) is 5.25. The van der Waals surface area contributed by atoms with Gasteiger partial charge in [0, 0.05) is 66.7 Å². The van der Waals surface area contributed by atoms with Crippen molar-refractivity contribution in [1.29, 1.82) is 0 Å². The number of terminal acetylenes is 1. The van der Waals surface area contributed by atoms with Crippen LogP contribution in [0.25, 0.3) is 32.9 Å². The second-order valence-electron chi connectivity index (χ2n) is 14.4. The van der Waals surface area contributed by atoms with Gasteiger partial charge in [-0.05, 0) is 62.2 Å². The van der Waals surface area contributed by atoms with E-state index in [1.54, 1.807) is 6.92 Å². The predicted octanol–water partition coefficient (Wildman–Crippen LogP) is 6.95. The van der Waals surface area contributed by atoms with Crippen LogP contribution in [0.5, 0.6) is 11.8 Å². The summed E-state index contributed by atoms with van der Waals surface area (Å²) in [5.41, 5.74) is -0.380. The number of likely N-dealkylation sites (tertiary alicyclic amines) is 1. The number of hydrogen-bond acceptors (Lipinski definition) is 8. The number of hydrogen-bond donors (Lipinski definition) is 1. The van der Waals surface area contributed by atoms with Crippen molar-refractivity contribution in [3.63, 3.8) is 0 Å². The summed E-state index contributed by atoms with van der Waals surface area (Å²) in [4.78, 5) is 18.2. The molecule has 2 aromatic carbocycles. The van der Waals surface area contributed by atoms with E-state index >= 15 is 4.39 Å². The Kier molecular flexibility index (Phi) is 8.26. The molecule has 1 N–H and O–H groups in total. The number of benzene rings is 2. The number of alkyl halides is 2. The topological polar surface area (TPSA) is 83.8 Å². The maximum Gasteiger partial charge on any atom is 0.319 e. The third kappa shape index (κ3) is 5.50. The van der Waals surface area contributed by atoms with E-state index in [-0.39, 0.29) is 57.5 Å². The number of nitrogens with zero attached hydrogens (tertiary/aromatic N) is 5. The molecule has 4 aliphatic rings. The van der Waals surface area contributed by atoms with Gasteiger partial charge in [0.25, 0.3) is 5.92 Å². The van der Waals surface area contributed by atoms with Crippen molar-refractivity contribution in [1.82, 2.24) is 19.9 Å². The number of halogens is 4. The highest BCUT2D eigenvalue weighted by atomic mass is 19.3. The third-order valence-electron chi connectivity index (χ3n) is 11.6. The molecule has 0 radical (unpaired) electrons. The Bertz CT molecular complexity index is 2010. The lowest BCUT2D eigenvalue weighted by atomic mass is 9.75. The van der Waals surface area contributed by atoms with E-state index in [0.29, 0.717) is 49.4 Å². The molecule has 2 aliphatic carbocycles. The van der Waals surface area contributed by atoms with Crippen LogP contribution < -0.4 is 9.64 Å². The molecule has 8 rings (SSSR count). The van der Waals surface area contributed by atoms with Gasteiger partial charge in [0.15, 0.2) is 5.82 Å². The molecule has 50 heavy (non-hydrogen) atoms. The summed E-state index contributed by atoms with van der Waals surface area (Å²) in [6, 6.07) is 5.55. The average molecular weight is 690 g/mol. The minimum absolute atomic E-state index is 0.00402. The Balaban J connectivity index is 1.19. The zero-order valence-corrected chi connectivity index (χ0v) is 27.9. The summed E-state index contributed by atoms with van der Waals surface area (Å²) in [5, 5.41) is 11.6. The first-order chi connectivity index (χ1) is 24.1. The first kappa shape index (κ1) is 33.0. The molecule has 4 aromatic rings. The summed E-state index contributed by atoms with van der Waals surface area (Å²) in [6.07, 6.45) is 12.5. The number of ether oxygens (including phenoxy) is 2. The quantitative estimate of drug-likeness (QED) is 0.165. The van der Waals surface area contributed by atoms with Crippen molar-refractivity contribution in [2.75, 3.05) is 50.9 Å². The molecule has 2 saturated heterocycles. The minimum atomic E-state index is -2.61. The fourth-order valence-corrected chi connectivity index (χ4v) is 8.76. The Morgan fingerprint density at radius 1 is 1.08 bits per heavy atom. The lowest BCUT2D eigenvalue weighted by molar-refractivity contribution is -0.0102. The van der Waals surface area contributed by atoms with Crippen molar-refractivity contribution in [2.24, 2.45) is 17.3 Å². The smallest absolute Gasteiger partial charge is 0.319 e. The molecule has 8 nitrogen and oxygen atoms in total. The fraction of sp³-hybridized carbons (Fsp3) is 0.500. The summed E-state index contributed by atoms with van der Waals surface area (Å²) in [7, 11) is 0. The number of rotatable bonds is 7. The van der Waals surface area contributed by atoms with E-state index in [4.69, 9.17) is 20.9 Å². The zero-order chi connectivity index (χ0) is 34.8. The number of piperidine rings is 1. The highest BCUT2D eigenvalue weighted by molar-refractivity contribution is 6.03. The van der Waals surface area contributed by atoms with Gasteiger partial charge >= 0.3 is 6.01 Å². The number of fused-ring (bicyclic) bond motifs is 3. The summed E-state index contributed by atoms with van der Waals surface area (Å²) >= 11 is 0. The first-order valence-electron chi connectivity index (χ1n) is 17.5. The van der Waals surface area contributed by atoms with Gasteiger partial charge in [-0.2, -0.15) is 9.97 Å². The highest BCUT2D eigenvalue weighted by Gasteiger charge is 2.66. The van der Waals surface area contributed by atoms with Crippen LogP contribution in [0.2, 0.25) is 0 Å². The van der Waals surface area contributed by atoms with Gasteiger partial charge in [-0.25, -0.2) is 17.6 Å². The molecule has 1 unspecified atom stereocenters. The molecular formula is C38H39F4N5O3. The van der Waals surface area contributed by atoms with Gasteiger partial charge in [-0.15, -0.1) is 6.42 Å². The molecule has 0 amide bonds. The zero-order valence-electron chi connectivity index (χ0n) is 27.9. The molecule has 4 heterocycles. The number of aromatic nitrogens is 3. The second kappa shape index (κ2) is 12.5. The van der Waals surface area contributed by atoms with Crippen molar-refractivity contribution >= 4 is 27.5 Å². The van der Waals surface area contributed by atoms with Gasteiger partial charge in [-0.3, -0.25) is 9.88 Å². The van der Waals surface area contributed by atoms with Crippen molar-refractivity contribution in [3.8, 4) is 35.4 Å². The summed E-state index contributed by atoms with van der Waals surface area (Å²) in [5.74, 6) is -2.60. The van der Waals surface area contributed by atoms with Crippen LogP contribution >= 0.6 is 0 Å². The van der Waals surface area contributed by atoms with E-state index in [1.165, 1.54) is 30.5 Å². The Hall–Kier alpha value is -4.21. The molecule has 4 atom stereocenters. The number of phenols is 1. The molecule has 12 heteroatoms. The van der Waals surface area contributed by atoms with E-state index < -0.39 is 29.4 Å². The van der Waals surface area contributed by atoms with Crippen LogP contribution in [0.4, 0.5) is 23.4 Å². The van der Waals surface area contributed by atoms with E-state index in [9.17, 15) is 18.3 Å². The second-order valence-corrected chi connectivity index (χ2v) is 14.4. The standard InChI is InChI=1S/C38H39F4N5O3/c1-3-25-29(39)9-8-23-17-24(48)18-26(31(23)25)33-32(40)34-27(19-43-33)35(46-13-6-15-49-16-14-46)45-36(44-34)50-21-37-10-4-7-30(37)47(12-5-11-37)20-28-22(2)38(28,41)42/h1,8-9,17-19,22,28,30,48H,4-7,10-16,20-21H2,2H3/t22-,28?,30-,37-/m1/s1. The molecule has 2 aliphatic heterocycles. The maximum absolute atomic E-state index is 16.9. The van der Waals surface area contributed by atoms with Crippen LogP contribution in [-0.4, -0.2) is 82.9 Å². The Morgan fingerprint density at radius 3 is 2.70 bits per heavy atom. The van der Waals surface area contributed by atoms with E-state index in [1.807, 2.05) is 4.90 Å². The Morgan fingerprint density at radius 2 is 1.90 bits per heavy atom. The molecule has 0 bridgehead atoms. The van der Waals surface area contributed by atoms with Crippen LogP contribution in [0.1, 0.15) is 51.0 Å². The van der Waals surface area contributed by atoms with Gasteiger partial charge in [-0.1, -0.05) is 25.3 Å². The van der Waals surface area contributed by atoms with Crippen molar-refractivity contribution < 1.29 is 32.1 Å². The number of pyridine rings is 1. The average Bonchev–Trinajstić information content (AvgIpc) is 3.44. The summed E-state index contributed by atoms with van der Waals surface area (Å²) < 4.78 is 72.4. The first-order valence-corrected chi connectivity index (χ1v) is 17.5. The molecule has 2 saturated carbocycles. The third-order valence-corrected chi connectivity index (χ3v) is 11.6. The van der Waals surface area contributed by atoms with E-state index in [2.05, 4.69) is 20.8 Å².